The van der Waals surface area contributed by atoms with Crippen LogP contribution in [-0.2, 0) is 4.79 Å². The summed E-state index contributed by atoms with van der Waals surface area (Å²) in [5.74, 6) is 2.77. The molecule has 1 heterocycles. The van der Waals surface area contributed by atoms with Crippen molar-refractivity contribution in [2.75, 3.05) is 0 Å². The van der Waals surface area contributed by atoms with E-state index in [4.69, 9.17) is 0 Å². The molecule has 0 aromatic carbocycles. The third kappa shape index (κ3) is 1.60. The Balaban J connectivity index is 1.65. The topological polar surface area (TPSA) is 29.1 Å². The van der Waals surface area contributed by atoms with Gasteiger partial charge in [0.05, 0.1) is 0 Å². The van der Waals surface area contributed by atoms with Crippen LogP contribution in [0.5, 0.6) is 0 Å². The lowest BCUT2D eigenvalue weighted by atomic mass is 9.48. The molecule has 0 aromatic rings. The van der Waals surface area contributed by atoms with Gasteiger partial charge in [-0.3, -0.25) is 4.79 Å². The van der Waals surface area contributed by atoms with E-state index < -0.39 is 0 Å². The molecule has 3 fully saturated rings. The van der Waals surface area contributed by atoms with Crippen LogP contribution in [-0.4, -0.2) is 11.9 Å². The van der Waals surface area contributed by atoms with Crippen molar-refractivity contribution in [2.24, 2.45) is 28.6 Å². The molecule has 2 heteroatoms. The van der Waals surface area contributed by atoms with Crippen molar-refractivity contribution in [1.29, 1.82) is 0 Å². The van der Waals surface area contributed by atoms with Gasteiger partial charge in [0.15, 0.2) is 0 Å². The predicted octanol–water partition coefficient (Wildman–Crippen LogP) is 3.67. The van der Waals surface area contributed by atoms with Gasteiger partial charge >= 0.3 is 0 Å². The molecule has 0 bridgehead atoms. The Bertz CT molecular complexity index is 470. The number of carbonyl (C=O) groups is 1. The quantitative estimate of drug-likeness (QED) is 0.670. The predicted molar refractivity (Wildman–Crippen MR) is 80.1 cm³/mol. The molecule has 1 saturated heterocycles. The normalized spacial score (nSPS) is 53.8. The van der Waals surface area contributed by atoms with Crippen molar-refractivity contribution < 1.29 is 4.79 Å². The van der Waals surface area contributed by atoms with Crippen molar-refractivity contribution in [2.45, 2.75) is 64.8 Å². The molecule has 3 aliphatic carbocycles. The lowest BCUT2D eigenvalue weighted by Crippen LogP contribution is -2.60. The monoisotopic (exact) mass is 273 g/mol. The zero-order chi connectivity index (χ0) is 14.0. The van der Waals surface area contributed by atoms with Gasteiger partial charge in [0, 0.05) is 12.5 Å². The Labute approximate surface area is 122 Å². The molecule has 20 heavy (non-hydrogen) atoms. The van der Waals surface area contributed by atoms with E-state index in [1.54, 1.807) is 0 Å². The van der Waals surface area contributed by atoms with Gasteiger partial charge in [-0.15, -0.1) is 0 Å². The van der Waals surface area contributed by atoms with Crippen molar-refractivity contribution in [3.63, 3.8) is 0 Å². The van der Waals surface area contributed by atoms with Gasteiger partial charge in [-0.05, 0) is 67.1 Å². The number of piperidine rings is 1. The van der Waals surface area contributed by atoms with Crippen molar-refractivity contribution in [1.82, 2.24) is 5.32 Å². The van der Waals surface area contributed by atoms with Gasteiger partial charge in [0.1, 0.15) is 0 Å². The zero-order valence-electron chi connectivity index (χ0n) is 12.8. The molecule has 1 aliphatic heterocycles. The lowest BCUT2D eigenvalue weighted by Gasteiger charge is -2.59. The summed E-state index contributed by atoms with van der Waals surface area (Å²) in [6.07, 6.45) is 13.4. The smallest absolute Gasteiger partial charge is 0.220 e. The number of hydrogen-bond donors (Lipinski definition) is 1. The van der Waals surface area contributed by atoms with Crippen LogP contribution in [0.1, 0.15) is 58.8 Å². The van der Waals surface area contributed by atoms with Crippen LogP contribution in [0.15, 0.2) is 12.2 Å². The van der Waals surface area contributed by atoms with Gasteiger partial charge in [0.2, 0.25) is 5.91 Å². The molecule has 110 valence electrons. The second-order valence-corrected chi connectivity index (χ2v) is 8.32. The highest BCUT2D eigenvalue weighted by Crippen LogP contribution is 2.62. The number of hydrogen-bond acceptors (Lipinski definition) is 1. The Hall–Kier alpha value is -0.790. The van der Waals surface area contributed by atoms with Crippen molar-refractivity contribution >= 4 is 5.91 Å². The first kappa shape index (κ1) is 12.9. The first-order valence-corrected chi connectivity index (χ1v) is 8.49. The molecule has 1 N–H and O–H groups in total. The molecule has 2 nitrogen and oxygen atoms in total. The summed E-state index contributed by atoms with van der Waals surface area (Å²) in [4.78, 5) is 11.7. The van der Waals surface area contributed by atoms with E-state index in [0.717, 1.165) is 30.6 Å². The number of fused-ring (bicyclic) bond motifs is 5. The summed E-state index contributed by atoms with van der Waals surface area (Å²) < 4.78 is 0. The molecular weight excluding hydrogens is 246 g/mol. The van der Waals surface area contributed by atoms with Gasteiger partial charge < -0.3 is 5.32 Å². The molecule has 1 amide bonds. The van der Waals surface area contributed by atoms with Crippen LogP contribution < -0.4 is 5.32 Å². The van der Waals surface area contributed by atoms with Crippen LogP contribution in [0, 0.1) is 28.6 Å². The molecule has 0 radical (unpaired) electrons. The highest BCUT2D eigenvalue weighted by Gasteiger charge is 2.57. The maximum absolute atomic E-state index is 11.7. The van der Waals surface area contributed by atoms with Gasteiger partial charge in [-0.25, -0.2) is 0 Å². The molecule has 4 rings (SSSR count). The summed E-state index contributed by atoms with van der Waals surface area (Å²) in [5, 5.41) is 3.30. The van der Waals surface area contributed by atoms with Crippen LogP contribution in [0.3, 0.4) is 0 Å². The second-order valence-electron chi connectivity index (χ2n) is 8.32. The molecular formula is C18H27NO. The second kappa shape index (κ2) is 4.11. The highest BCUT2D eigenvalue weighted by atomic mass is 16.1. The van der Waals surface area contributed by atoms with E-state index in [2.05, 4.69) is 31.3 Å². The maximum Gasteiger partial charge on any atom is 0.220 e. The molecule has 0 spiro atoms. The summed E-state index contributed by atoms with van der Waals surface area (Å²) in [7, 11) is 0. The Morgan fingerprint density at radius 3 is 2.90 bits per heavy atom. The first-order chi connectivity index (χ1) is 9.53. The maximum atomic E-state index is 11.7. The molecule has 4 aliphatic rings. The largest absolute Gasteiger partial charge is 0.353 e. The first-order valence-electron chi connectivity index (χ1n) is 8.49. The fourth-order valence-corrected chi connectivity index (χ4v) is 6.12. The summed E-state index contributed by atoms with van der Waals surface area (Å²) in [6, 6.07) is 0.444. The number of amides is 1. The molecule has 0 aromatic heterocycles. The third-order valence-electron chi connectivity index (χ3n) is 7.39. The highest BCUT2D eigenvalue weighted by molar-refractivity contribution is 5.77. The third-order valence-corrected chi connectivity index (χ3v) is 7.39. The molecule has 6 atom stereocenters. The minimum atomic E-state index is 0.285. The van der Waals surface area contributed by atoms with E-state index in [1.807, 2.05) is 0 Å². The van der Waals surface area contributed by atoms with Gasteiger partial charge in [-0.1, -0.05) is 26.0 Å². The van der Waals surface area contributed by atoms with Crippen LogP contribution in [0.2, 0.25) is 0 Å². The fraction of sp³-hybridized carbons (Fsp3) is 0.833. The Morgan fingerprint density at radius 1 is 1.20 bits per heavy atom. The van der Waals surface area contributed by atoms with E-state index in [0.29, 0.717) is 16.9 Å². The summed E-state index contributed by atoms with van der Waals surface area (Å²) in [6.45, 7) is 4.97. The van der Waals surface area contributed by atoms with Crippen molar-refractivity contribution in [3.05, 3.63) is 12.2 Å². The van der Waals surface area contributed by atoms with E-state index in [1.165, 1.54) is 32.1 Å². The molecule has 1 unspecified atom stereocenters. The van der Waals surface area contributed by atoms with E-state index in [-0.39, 0.29) is 5.91 Å². The fourth-order valence-electron chi connectivity index (χ4n) is 6.12. The minimum absolute atomic E-state index is 0.285. The number of carbonyl (C=O) groups excluding carboxylic acids is 1. The Morgan fingerprint density at radius 2 is 2.05 bits per heavy atom. The van der Waals surface area contributed by atoms with Crippen LogP contribution in [0.4, 0.5) is 0 Å². The SMILES string of the molecule is C[C@@]12CC=C[C@H]1[C@@H]1CCC3NC(=O)CC[C@]3(C)[C@H]1CC2. The zero-order valence-corrected chi connectivity index (χ0v) is 12.8. The standard InChI is InChI=1S/C18H27NO/c1-17-9-3-4-13(17)12-5-6-15-18(2,14(12)7-10-17)11-8-16(20)19-15/h3-4,12-15H,5-11H2,1-2H3,(H,19,20)/t12-,13-,14-,15?,17-,18+/m0/s1. The average molecular weight is 273 g/mol. The van der Waals surface area contributed by atoms with Crippen LogP contribution in [0.25, 0.3) is 0 Å². The summed E-state index contributed by atoms with van der Waals surface area (Å²) in [5.41, 5.74) is 0.900. The van der Waals surface area contributed by atoms with Crippen molar-refractivity contribution in [3.8, 4) is 0 Å². The number of nitrogens with one attached hydrogen (secondary N) is 1. The van der Waals surface area contributed by atoms with Gasteiger partial charge in [-0.2, -0.15) is 0 Å². The number of rotatable bonds is 0. The average Bonchev–Trinajstić information content (AvgIpc) is 2.81. The summed E-state index contributed by atoms with van der Waals surface area (Å²) >= 11 is 0. The molecule has 2 saturated carbocycles. The Kier molecular flexibility index (Phi) is 2.66. The van der Waals surface area contributed by atoms with E-state index >= 15 is 0 Å². The van der Waals surface area contributed by atoms with Gasteiger partial charge in [0.25, 0.3) is 0 Å². The lowest BCUT2D eigenvalue weighted by molar-refractivity contribution is -0.134. The minimum Gasteiger partial charge on any atom is -0.353 e. The number of allylic oxidation sites excluding steroid dienone is 2. The van der Waals surface area contributed by atoms with Crippen LogP contribution >= 0.6 is 0 Å². The van der Waals surface area contributed by atoms with E-state index in [9.17, 15) is 4.79 Å².